The Kier molecular flexibility index (Phi) is 3.07. The smallest absolute Gasteiger partial charge is 0.0107 e. The van der Waals surface area contributed by atoms with Crippen LogP contribution >= 0.6 is 0 Å². The van der Waals surface area contributed by atoms with Gasteiger partial charge >= 0.3 is 0 Å². The van der Waals surface area contributed by atoms with Gasteiger partial charge in [-0.25, -0.2) is 0 Å². The van der Waals surface area contributed by atoms with E-state index in [0.717, 1.165) is 6.42 Å². The number of hydrogen-bond donors (Lipinski definition) is 1. The molecular weight excluding hydrogens is 194 g/mol. The summed E-state index contributed by atoms with van der Waals surface area (Å²) in [6.45, 7) is 6.70. The third-order valence-electron chi connectivity index (χ3n) is 4.72. The van der Waals surface area contributed by atoms with Crippen LogP contribution in [0, 0.1) is 12.3 Å². The maximum absolute atomic E-state index is 6.24. The number of rotatable bonds is 3. The monoisotopic (exact) mass is 217 g/mol. The summed E-state index contributed by atoms with van der Waals surface area (Å²) in [5.74, 6) is 0.679. The molecule has 2 N–H and O–H groups in total. The van der Waals surface area contributed by atoms with Gasteiger partial charge < -0.3 is 5.73 Å². The van der Waals surface area contributed by atoms with Crippen LogP contribution in [0.2, 0.25) is 0 Å². The average Bonchev–Trinajstić information content (AvgIpc) is 2.29. The molecule has 0 aromatic heterocycles. The highest BCUT2D eigenvalue weighted by Crippen LogP contribution is 2.56. The number of benzene rings is 1. The Labute approximate surface area is 99.0 Å². The van der Waals surface area contributed by atoms with Gasteiger partial charge in [-0.15, -0.1) is 0 Å². The SMILES string of the molecule is CCC1(CC)C(N)CC1c1ccc(C)cc1. The van der Waals surface area contributed by atoms with Crippen molar-refractivity contribution < 1.29 is 0 Å². The summed E-state index contributed by atoms with van der Waals surface area (Å²) in [6.07, 6.45) is 3.55. The molecule has 2 rings (SSSR count). The summed E-state index contributed by atoms with van der Waals surface area (Å²) in [5, 5.41) is 0. The Morgan fingerprint density at radius 2 is 1.75 bits per heavy atom. The molecule has 2 unspecified atom stereocenters. The van der Waals surface area contributed by atoms with Crippen molar-refractivity contribution in [3.8, 4) is 0 Å². The second-order valence-electron chi connectivity index (χ2n) is 5.25. The van der Waals surface area contributed by atoms with Crippen LogP contribution in [0.15, 0.2) is 24.3 Å². The summed E-state index contributed by atoms with van der Waals surface area (Å²) in [7, 11) is 0. The molecule has 16 heavy (non-hydrogen) atoms. The van der Waals surface area contributed by atoms with Crippen LogP contribution in [0.1, 0.15) is 50.2 Å². The molecule has 0 amide bonds. The number of aryl methyl sites for hydroxylation is 1. The first-order valence-corrected chi connectivity index (χ1v) is 6.46. The first kappa shape index (κ1) is 11.7. The molecule has 1 fully saturated rings. The van der Waals surface area contributed by atoms with E-state index in [-0.39, 0.29) is 0 Å². The van der Waals surface area contributed by atoms with Crippen LogP contribution in [0.5, 0.6) is 0 Å². The van der Waals surface area contributed by atoms with E-state index >= 15 is 0 Å². The van der Waals surface area contributed by atoms with Crippen LogP contribution in [0.4, 0.5) is 0 Å². The van der Waals surface area contributed by atoms with E-state index < -0.39 is 0 Å². The summed E-state index contributed by atoms with van der Waals surface area (Å²) < 4.78 is 0. The lowest BCUT2D eigenvalue weighted by molar-refractivity contribution is 0.0438. The maximum atomic E-state index is 6.24. The lowest BCUT2D eigenvalue weighted by atomic mass is 9.52. The van der Waals surface area contributed by atoms with Gasteiger partial charge in [-0.05, 0) is 43.1 Å². The minimum Gasteiger partial charge on any atom is -0.327 e. The van der Waals surface area contributed by atoms with Crippen LogP contribution in [0.25, 0.3) is 0 Å². The Hall–Kier alpha value is -0.820. The van der Waals surface area contributed by atoms with Crippen molar-refractivity contribution in [2.75, 3.05) is 0 Å². The van der Waals surface area contributed by atoms with Crippen molar-refractivity contribution in [2.45, 2.75) is 52.0 Å². The maximum Gasteiger partial charge on any atom is 0.0107 e. The number of nitrogens with two attached hydrogens (primary N) is 1. The molecule has 88 valence electrons. The van der Waals surface area contributed by atoms with Crippen LogP contribution in [-0.4, -0.2) is 6.04 Å². The van der Waals surface area contributed by atoms with Gasteiger partial charge in [0.15, 0.2) is 0 Å². The minimum absolute atomic E-state index is 0.356. The van der Waals surface area contributed by atoms with Gasteiger partial charge in [0.1, 0.15) is 0 Å². The van der Waals surface area contributed by atoms with Crippen molar-refractivity contribution in [3.05, 3.63) is 35.4 Å². The second-order valence-corrected chi connectivity index (χ2v) is 5.25. The van der Waals surface area contributed by atoms with Gasteiger partial charge in [-0.2, -0.15) is 0 Å². The van der Waals surface area contributed by atoms with Crippen molar-refractivity contribution in [1.82, 2.24) is 0 Å². The molecule has 1 saturated carbocycles. The minimum atomic E-state index is 0.356. The molecule has 2 atom stereocenters. The van der Waals surface area contributed by atoms with E-state index in [1.807, 2.05) is 0 Å². The standard InChI is InChI=1S/C15H23N/c1-4-15(5-2)13(10-14(15)16)12-8-6-11(3)7-9-12/h6-9,13-14H,4-5,10,16H2,1-3H3. The molecule has 0 bridgehead atoms. The van der Waals surface area contributed by atoms with Gasteiger partial charge in [-0.1, -0.05) is 43.7 Å². The topological polar surface area (TPSA) is 26.0 Å². The molecule has 1 aromatic carbocycles. The molecule has 0 spiro atoms. The van der Waals surface area contributed by atoms with E-state index in [4.69, 9.17) is 5.73 Å². The second kappa shape index (κ2) is 4.21. The normalized spacial score (nSPS) is 27.5. The Balaban J connectivity index is 2.26. The van der Waals surface area contributed by atoms with Crippen molar-refractivity contribution in [1.29, 1.82) is 0 Å². The molecule has 1 aromatic rings. The molecule has 0 aliphatic heterocycles. The third kappa shape index (κ3) is 1.58. The van der Waals surface area contributed by atoms with Gasteiger partial charge in [-0.3, -0.25) is 0 Å². The zero-order valence-corrected chi connectivity index (χ0v) is 10.7. The van der Waals surface area contributed by atoms with Gasteiger partial charge in [0.05, 0.1) is 0 Å². The molecule has 0 radical (unpaired) electrons. The van der Waals surface area contributed by atoms with Crippen LogP contribution in [0.3, 0.4) is 0 Å². The summed E-state index contributed by atoms with van der Waals surface area (Å²) in [4.78, 5) is 0. The zero-order valence-electron chi connectivity index (χ0n) is 10.7. The van der Waals surface area contributed by atoms with Crippen molar-refractivity contribution in [3.63, 3.8) is 0 Å². The predicted octanol–water partition coefficient (Wildman–Crippen LogP) is 3.62. The molecule has 1 nitrogen and oxygen atoms in total. The van der Waals surface area contributed by atoms with Crippen molar-refractivity contribution in [2.24, 2.45) is 11.1 Å². The summed E-state index contributed by atoms with van der Waals surface area (Å²) >= 11 is 0. The lowest BCUT2D eigenvalue weighted by Crippen LogP contribution is -2.55. The van der Waals surface area contributed by atoms with Crippen LogP contribution < -0.4 is 5.73 Å². The fourth-order valence-corrected chi connectivity index (χ4v) is 3.36. The predicted molar refractivity (Wildman–Crippen MR) is 69.5 cm³/mol. The molecule has 1 aliphatic carbocycles. The average molecular weight is 217 g/mol. The molecule has 0 saturated heterocycles. The van der Waals surface area contributed by atoms with Gasteiger partial charge in [0.2, 0.25) is 0 Å². The first-order chi connectivity index (χ1) is 7.64. The van der Waals surface area contributed by atoms with Gasteiger partial charge in [0, 0.05) is 6.04 Å². The number of hydrogen-bond acceptors (Lipinski definition) is 1. The fraction of sp³-hybridized carbons (Fsp3) is 0.600. The Bertz CT molecular complexity index is 348. The largest absolute Gasteiger partial charge is 0.327 e. The highest BCUT2D eigenvalue weighted by molar-refractivity contribution is 5.30. The van der Waals surface area contributed by atoms with E-state index in [0.29, 0.717) is 17.4 Å². The first-order valence-electron chi connectivity index (χ1n) is 6.46. The Morgan fingerprint density at radius 1 is 1.19 bits per heavy atom. The summed E-state index contributed by atoms with van der Waals surface area (Å²) in [6, 6.07) is 9.40. The molecule has 1 aliphatic rings. The molecule has 1 heteroatoms. The van der Waals surface area contributed by atoms with E-state index in [1.165, 1.54) is 24.0 Å². The van der Waals surface area contributed by atoms with E-state index in [1.54, 1.807) is 0 Å². The molecular formula is C15H23N. The highest BCUT2D eigenvalue weighted by atomic mass is 14.8. The van der Waals surface area contributed by atoms with Gasteiger partial charge in [0.25, 0.3) is 0 Å². The fourth-order valence-electron chi connectivity index (χ4n) is 3.36. The third-order valence-corrected chi connectivity index (χ3v) is 4.72. The Morgan fingerprint density at radius 3 is 2.19 bits per heavy atom. The van der Waals surface area contributed by atoms with E-state index in [2.05, 4.69) is 45.0 Å². The highest BCUT2D eigenvalue weighted by Gasteiger charge is 2.50. The van der Waals surface area contributed by atoms with Crippen molar-refractivity contribution >= 4 is 0 Å². The zero-order chi connectivity index (χ0) is 11.8. The molecule has 0 heterocycles. The quantitative estimate of drug-likeness (QED) is 0.822. The van der Waals surface area contributed by atoms with E-state index in [9.17, 15) is 0 Å². The lowest BCUT2D eigenvalue weighted by Gasteiger charge is -2.55. The van der Waals surface area contributed by atoms with Crippen LogP contribution in [-0.2, 0) is 0 Å². The summed E-state index contributed by atoms with van der Waals surface area (Å²) in [5.41, 5.74) is 9.41.